The Hall–Kier alpha value is -8.66. The summed E-state index contributed by atoms with van der Waals surface area (Å²) in [6, 6.07) is 58.7. The molecule has 0 saturated carbocycles. The van der Waals surface area contributed by atoms with E-state index in [-0.39, 0.29) is 14.8 Å². The van der Waals surface area contributed by atoms with Crippen LogP contribution in [0.25, 0.3) is 98.8 Å². The largest absolute Gasteiger partial charge is 1.00 e. The van der Waals surface area contributed by atoms with Gasteiger partial charge < -0.3 is 26.7 Å². The average Bonchev–Trinajstić information content (AvgIpc) is 0.752. The molecule has 12 rings (SSSR count). The van der Waals surface area contributed by atoms with Gasteiger partial charge in [-0.2, -0.15) is 13.7 Å². The maximum Gasteiger partial charge on any atom is 0.762 e. The van der Waals surface area contributed by atoms with Crippen molar-refractivity contribution in [2.45, 2.75) is 109 Å². The molecule has 9 aromatic carbocycles. The molecule has 0 aliphatic heterocycles. The molecular weight excluding hydrogens is 1220 g/mol. The first kappa shape index (κ1) is 76.1. The molecule has 0 fully saturated rings. The molecule has 3 nitrogen and oxygen atoms in total. The molecule has 0 N–H and O–H groups in total. The van der Waals surface area contributed by atoms with Crippen molar-refractivity contribution >= 4 is 87.8 Å². The van der Waals surface area contributed by atoms with E-state index in [1.54, 1.807) is 0 Å². The maximum atomic E-state index is 9.75. The highest BCUT2D eigenvalue weighted by Crippen LogP contribution is 2.42. The second-order valence-corrected chi connectivity index (χ2v) is 25.2. The zero-order valence-corrected chi connectivity index (χ0v) is 56.6. The molecule has 0 unspecified atom stereocenters. The van der Waals surface area contributed by atoms with E-state index in [1.165, 1.54) is 171 Å². The smallest absolute Gasteiger partial charge is 0.762 e. The van der Waals surface area contributed by atoms with Gasteiger partial charge in [-0.1, -0.05) is 134 Å². The van der Waals surface area contributed by atoms with Crippen LogP contribution in [0, 0.1) is 83.1 Å². The van der Waals surface area contributed by atoms with Gasteiger partial charge in [0.1, 0.15) is 21.1 Å². The summed E-state index contributed by atoms with van der Waals surface area (Å²) in [6.07, 6.45) is 0. The third-order valence-electron chi connectivity index (χ3n) is 16.7. The second kappa shape index (κ2) is 31.1. The number of halogens is 12. The van der Waals surface area contributed by atoms with Crippen LogP contribution in [0.3, 0.4) is 0 Å². The van der Waals surface area contributed by atoms with Crippen molar-refractivity contribution in [1.29, 1.82) is 0 Å². The predicted octanol–water partition coefficient (Wildman–Crippen LogP) is 15.5. The molecule has 0 radical (unpaired) electrons. The molecule has 94 heavy (non-hydrogen) atoms. The number of pyridine rings is 3. The minimum atomic E-state index is -6.00. The van der Waals surface area contributed by atoms with Crippen molar-refractivity contribution < 1.29 is 66.3 Å². The maximum absolute atomic E-state index is 9.75. The fourth-order valence-electron chi connectivity index (χ4n) is 13.2. The first-order chi connectivity index (χ1) is 43.0. The second-order valence-electron chi connectivity index (χ2n) is 25.2. The van der Waals surface area contributed by atoms with Crippen LogP contribution in [0.15, 0.2) is 158 Å². The highest BCUT2D eigenvalue weighted by atomic mass is 19.5. The lowest BCUT2D eigenvalue weighted by Crippen LogP contribution is -3.00. The number of nitrogens with zero attached hydrogens (tertiary/aromatic N) is 3. The van der Waals surface area contributed by atoms with E-state index in [9.17, 15) is 43.2 Å². The lowest BCUT2D eigenvalue weighted by molar-refractivity contribution is -0.617. The molecule has 18 heteroatoms. The van der Waals surface area contributed by atoms with Crippen molar-refractivity contribution in [3.05, 3.63) is 230 Å². The number of benzene rings is 9. The molecule has 0 bridgehead atoms. The van der Waals surface area contributed by atoms with Crippen LogP contribution < -0.4 is 23.1 Å². The summed E-state index contributed by atoms with van der Waals surface area (Å²) >= 11 is 0. The Kier molecular flexibility index (Phi) is 25.1. The van der Waals surface area contributed by atoms with Crippen molar-refractivity contribution in [2.24, 2.45) is 21.1 Å². The standard InChI is InChI=1S/C28H32N.C25H26N.C23H22N.BF4.2BF3.2FH/c1-17-9-11-22-24(15-17)29(8)25-16-21(28(5,6)7)10-12-23(25)27(22)26-19(3)13-18(2)14-20(26)4;1-15-7-9-22-20(13-15)25(24-18(4)11-17(3)12-19(24)5)21-14-16(2)8-10-23(21)26(22)6;1-15-13-16(2)22(17(3)14-15)23-18-9-5-7-11-20(18)24(4)21-12-8-6-10-19(21)23;2-1(3,4)5;2*2-1(3)4;;/h9-16H,1-8H3;7-14H,1-6H3;5-14H,1-4H3;;;;2*1H/q3*+1;-1;;;;/p-2. The molecule has 3 aromatic heterocycles. The van der Waals surface area contributed by atoms with E-state index in [1.807, 2.05) is 0 Å². The van der Waals surface area contributed by atoms with E-state index in [0.29, 0.717) is 0 Å². The van der Waals surface area contributed by atoms with E-state index in [4.69, 9.17) is 0 Å². The number of aryl methyl sites for hydroxylation is 15. The third-order valence-corrected chi connectivity index (χ3v) is 16.7. The monoisotopic (exact) mass is 1300 g/mol. The van der Waals surface area contributed by atoms with Gasteiger partial charge in [0.05, 0.1) is 32.3 Å². The first-order valence-electron chi connectivity index (χ1n) is 30.4. The van der Waals surface area contributed by atoms with Crippen LogP contribution in [-0.2, 0) is 26.6 Å². The highest BCUT2D eigenvalue weighted by molar-refractivity contribution is 6.50. The van der Waals surface area contributed by atoms with Gasteiger partial charge in [0.2, 0.25) is 33.1 Å². The molecule has 0 spiro atoms. The van der Waals surface area contributed by atoms with Gasteiger partial charge in [-0.15, -0.1) is 0 Å². The molecule has 492 valence electrons. The van der Waals surface area contributed by atoms with Crippen LogP contribution in [-0.4, -0.2) is 22.3 Å². The first-order valence-corrected chi connectivity index (χ1v) is 30.4. The van der Waals surface area contributed by atoms with Crippen LogP contribution in [0.4, 0.5) is 43.2 Å². The van der Waals surface area contributed by atoms with E-state index < -0.39 is 22.3 Å². The number of para-hydroxylation sites is 2. The number of fused-ring (bicyclic) bond motifs is 6. The summed E-state index contributed by atoms with van der Waals surface area (Å²) in [5, 5.41) is 7.94. The van der Waals surface area contributed by atoms with Crippen LogP contribution in [0.2, 0.25) is 0 Å². The van der Waals surface area contributed by atoms with Crippen LogP contribution >= 0.6 is 0 Å². The summed E-state index contributed by atoms with van der Waals surface area (Å²) in [5.41, 5.74) is 33.3. The summed E-state index contributed by atoms with van der Waals surface area (Å²) in [5.74, 6) is 0. The van der Waals surface area contributed by atoms with Gasteiger partial charge in [-0.3, -0.25) is 25.9 Å². The summed E-state index contributed by atoms with van der Waals surface area (Å²) < 4.78 is 104. The number of aromatic nitrogens is 3. The third kappa shape index (κ3) is 17.6. The lowest BCUT2D eigenvalue weighted by Gasteiger charge is -2.20. The quantitative estimate of drug-likeness (QED) is 0.0723. The average molecular weight is 1300 g/mol. The zero-order chi connectivity index (χ0) is 68.2. The Morgan fingerprint density at radius 2 is 0.532 bits per heavy atom. The van der Waals surface area contributed by atoms with Crippen molar-refractivity contribution in [2.75, 3.05) is 0 Å². The fourth-order valence-corrected chi connectivity index (χ4v) is 13.2. The Balaban J connectivity index is 0.000000231. The van der Waals surface area contributed by atoms with Gasteiger partial charge in [-0.25, -0.2) is 0 Å². The molecule has 0 atom stereocenters. The number of rotatable bonds is 3. The topological polar surface area (TPSA) is 11.6 Å². The van der Waals surface area contributed by atoms with Crippen molar-refractivity contribution in [3.63, 3.8) is 0 Å². The van der Waals surface area contributed by atoms with Gasteiger partial charge in [0.25, 0.3) is 0 Å². The molecular formula is C76H80B3F12N3. The zero-order valence-electron chi connectivity index (χ0n) is 56.6. The minimum absolute atomic E-state index is 0. The normalized spacial score (nSPS) is 11.0. The van der Waals surface area contributed by atoms with Crippen molar-refractivity contribution in [3.8, 4) is 33.4 Å². The Labute approximate surface area is 545 Å². The summed E-state index contributed by atoms with van der Waals surface area (Å²) in [7, 11) is -6.80. The highest BCUT2D eigenvalue weighted by Gasteiger charge is 2.27. The Morgan fingerprint density at radius 3 is 0.862 bits per heavy atom. The summed E-state index contributed by atoms with van der Waals surface area (Å²) in [4.78, 5) is 0. The van der Waals surface area contributed by atoms with E-state index >= 15 is 0 Å². The van der Waals surface area contributed by atoms with E-state index in [0.717, 1.165) is 0 Å². The lowest BCUT2D eigenvalue weighted by atomic mass is 9.84. The SMILES string of the molecule is Cc1cc(C)c(-c2c3cc(C)ccc3[n+](C)c3ccc(C)cc23)c(C)c1.Cc1cc(C)c(-c2c3ccc(C)cc3[n+](C)c3cc(C(C)(C)C)ccc23)c(C)c1.Cc1cc(C)c(-c2c3ccccc3[n+](C)c3ccccc23)c(C)c1.FB(F)F.FB(F)F.F[B-](F)(F)F.[F-].[F-]. The Bertz CT molecular complexity index is 4530. The Morgan fingerprint density at radius 1 is 0.287 bits per heavy atom. The summed E-state index contributed by atoms with van der Waals surface area (Å²) in [6.45, 7) is 33.4. The molecule has 3 heterocycles. The van der Waals surface area contributed by atoms with Gasteiger partial charge in [0.15, 0.2) is 0 Å². The number of hydrogen-bond donors (Lipinski definition) is 0. The van der Waals surface area contributed by atoms with Crippen LogP contribution in [0.5, 0.6) is 0 Å². The predicted molar refractivity (Wildman–Crippen MR) is 368 cm³/mol. The number of hydrogen-bond acceptors (Lipinski definition) is 0. The van der Waals surface area contributed by atoms with Crippen molar-refractivity contribution in [1.82, 2.24) is 0 Å². The van der Waals surface area contributed by atoms with Gasteiger partial charge in [-0.05, 0) is 186 Å². The van der Waals surface area contributed by atoms with Gasteiger partial charge >= 0.3 is 22.3 Å². The van der Waals surface area contributed by atoms with Gasteiger partial charge in [0, 0.05) is 53.1 Å². The minimum Gasteiger partial charge on any atom is -1.00 e. The molecule has 0 aliphatic carbocycles. The molecule has 0 aliphatic rings. The molecule has 0 saturated heterocycles. The molecule has 0 amide bonds. The van der Waals surface area contributed by atoms with Crippen LogP contribution in [0.1, 0.15) is 93.1 Å². The fraction of sp³-hybridized carbons (Fsp3) is 0.250. The van der Waals surface area contributed by atoms with E-state index in [2.05, 4.69) is 296 Å². The molecule has 12 aromatic rings.